The third-order valence-corrected chi connectivity index (χ3v) is 13.2. The summed E-state index contributed by atoms with van der Waals surface area (Å²) in [5, 5.41) is 4.10. The number of fused-ring (bicyclic) bond motifs is 9. The average Bonchev–Trinajstić information content (AvgIpc) is 3.96. The van der Waals surface area contributed by atoms with E-state index in [4.69, 9.17) is 21.8 Å². The highest BCUT2D eigenvalue weighted by Crippen LogP contribution is 2.50. The number of para-hydroxylation sites is 2. The second kappa shape index (κ2) is 12.9. The minimum atomic E-state index is -0.420. The SMILES string of the molecule is [2H]c1c([2H])c([2H])c(-c2cccc3c2sc2c(-c4nc(-c5ccccc5)nc(-c5ccc6c(c5)C(C)(C)c5ccccc5-6)n4)cc(-n4c5ccccc5c5ccccc54)cc23)c([2H])c1[2H]. The molecule has 0 saturated carbocycles. The van der Waals surface area contributed by atoms with Crippen LogP contribution in [0.5, 0.6) is 0 Å². The van der Waals surface area contributed by atoms with E-state index >= 15 is 0 Å². The maximum Gasteiger partial charge on any atom is 0.165 e. The first-order chi connectivity index (χ1) is 31.1. The van der Waals surface area contributed by atoms with Crippen LogP contribution in [0.25, 0.3) is 104 Å². The van der Waals surface area contributed by atoms with Crippen molar-refractivity contribution >= 4 is 53.3 Å². The molecular weight excluding hydrogens is 737 g/mol. The molecule has 5 heteroatoms. The third-order valence-electron chi connectivity index (χ3n) is 11.9. The van der Waals surface area contributed by atoms with Gasteiger partial charge in [0.25, 0.3) is 0 Å². The Hall–Kier alpha value is -7.21. The van der Waals surface area contributed by atoms with Crippen LogP contribution in [-0.2, 0) is 5.41 Å². The first-order valence-corrected chi connectivity index (χ1v) is 20.5. The fraction of sp³-hybridized carbons (Fsp3) is 0.0556. The molecule has 0 N–H and O–H groups in total. The molecule has 4 nitrogen and oxygen atoms in total. The molecule has 0 fully saturated rings. The van der Waals surface area contributed by atoms with Crippen molar-refractivity contribution in [1.82, 2.24) is 19.5 Å². The van der Waals surface area contributed by atoms with Crippen molar-refractivity contribution in [3.05, 3.63) is 193 Å². The third kappa shape index (κ3) is 5.18. The van der Waals surface area contributed by atoms with Gasteiger partial charge in [-0.3, -0.25) is 0 Å². The number of thiophene rings is 1. The van der Waals surface area contributed by atoms with Gasteiger partial charge in [-0.2, -0.15) is 0 Å². The predicted molar refractivity (Wildman–Crippen MR) is 246 cm³/mol. The minimum absolute atomic E-state index is 0.169. The van der Waals surface area contributed by atoms with Gasteiger partial charge in [-0.25, -0.2) is 15.0 Å². The molecule has 3 heterocycles. The van der Waals surface area contributed by atoms with Crippen LogP contribution in [0, 0.1) is 0 Å². The summed E-state index contributed by atoms with van der Waals surface area (Å²) in [6.07, 6.45) is 0. The van der Waals surface area contributed by atoms with Crippen molar-refractivity contribution in [3.63, 3.8) is 0 Å². The Bertz CT molecular complexity index is 3700. The lowest BCUT2D eigenvalue weighted by Crippen LogP contribution is -2.15. The summed E-state index contributed by atoms with van der Waals surface area (Å²) in [5.41, 5.74) is 11.0. The second-order valence-corrected chi connectivity index (χ2v) is 16.6. The second-order valence-electron chi connectivity index (χ2n) is 15.6. The number of hydrogen-bond donors (Lipinski definition) is 0. The lowest BCUT2D eigenvalue weighted by atomic mass is 9.82. The molecule has 0 saturated heterocycles. The highest BCUT2D eigenvalue weighted by atomic mass is 32.1. The largest absolute Gasteiger partial charge is 0.309 e. The zero-order valence-electron chi connectivity index (χ0n) is 37.1. The Morgan fingerprint density at radius 1 is 0.458 bits per heavy atom. The van der Waals surface area contributed by atoms with E-state index in [9.17, 15) is 0 Å². The summed E-state index contributed by atoms with van der Waals surface area (Å²) in [4.78, 5) is 15.8. The molecule has 0 unspecified atom stereocenters. The molecule has 0 radical (unpaired) electrons. The van der Waals surface area contributed by atoms with Crippen molar-refractivity contribution in [3.8, 4) is 62.1 Å². The molecular formula is C54H36N4S. The summed E-state index contributed by atoms with van der Waals surface area (Å²) < 4.78 is 47.3. The molecule has 11 aromatic rings. The first kappa shape index (κ1) is 29.1. The molecule has 278 valence electrons. The van der Waals surface area contributed by atoms with Gasteiger partial charge in [0, 0.05) is 58.7 Å². The molecule has 1 aliphatic rings. The zero-order valence-corrected chi connectivity index (χ0v) is 32.9. The minimum Gasteiger partial charge on any atom is -0.309 e. The molecule has 0 atom stereocenters. The summed E-state index contributed by atoms with van der Waals surface area (Å²) in [6, 6.07) is 50.5. The van der Waals surface area contributed by atoms with Crippen molar-refractivity contribution in [2.24, 2.45) is 0 Å². The molecule has 12 rings (SSSR count). The van der Waals surface area contributed by atoms with Crippen molar-refractivity contribution in [2.75, 3.05) is 0 Å². The topological polar surface area (TPSA) is 43.6 Å². The van der Waals surface area contributed by atoms with E-state index in [0.29, 0.717) is 23.0 Å². The summed E-state index contributed by atoms with van der Waals surface area (Å²) >= 11 is 1.52. The predicted octanol–water partition coefficient (Wildman–Crippen LogP) is 14.3. The van der Waals surface area contributed by atoms with Gasteiger partial charge in [-0.1, -0.05) is 165 Å². The van der Waals surface area contributed by atoms with Gasteiger partial charge < -0.3 is 4.57 Å². The standard InChI is InChI=1S/C54H36N4S/c1-54(2)45-25-12-9-20-38(45)39-29-28-35(30-46(39)54)52-55-51(34-18-7-4-8-19-34)56-53(57-52)44-32-36(58-47-26-13-10-21-40(47)41-22-11-14-27-48(41)58)31-43-42-24-15-23-37(49(42)59-50(43)44)33-16-5-3-6-17-33/h3-32H,1-2H3/i3D,5D,6D,16D,17D. The Kier molecular flexibility index (Phi) is 6.36. The van der Waals surface area contributed by atoms with Gasteiger partial charge in [0.15, 0.2) is 17.5 Å². The Labute approximate surface area is 352 Å². The van der Waals surface area contributed by atoms with E-state index in [1.54, 1.807) is 0 Å². The van der Waals surface area contributed by atoms with Gasteiger partial charge in [-0.15, -0.1) is 11.3 Å². The van der Waals surface area contributed by atoms with Crippen LogP contribution in [0.4, 0.5) is 0 Å². The molecule has 0 amide bonds. The van der Waals surface area contributed by atoms with Gasteiger partial charge in [0.1, 0.15) is 0 Å². The van der Waals surface area contributed by atoms with Crippen molar-refractivity contribution < 1.29 is 6.85 Å². The maximum absolute atomic E-state index is 8.96. The fourth-order valence-electron chi connectivity index (χ4n) is 9.15. The number of nitrogens with zero attached hydrogens (tertiary/aromatic N) is 4. The van der Waals surface area contributed by atoms with E-state index in [1.807, 2.05) is 48.5 Å². The fourth-order valence-corrected chi connectivity index (χ4v) is 10.5. The number of benzene rings is 8. The van der Waals surface area contributed by atoms with Crippen LogP contribution in [0.15, 0.2) is 182 Å². The molecule has 0 bridgehead atoms. The Morgan fingerprint density at radius 2 is 1.07 bits per heavy atom. The van der Waals surface area contributed by atoms with Gasteiger partial charge in [-0.05, 0) is 63.7 Å². The van der Waals surface area contributed by atoms with Gasteiger partial charge in [0.2, 0.25) is 0 Å². The Balaban J connectivity index is 1.17. The molecule has 1 aliphatic carbocycles. The quantitative estimate of drug-likeness (QED) is 0.175. The molecule has 59 heavy (non-hydrogen) atoms. The van der Waals surface area contributed by atoms with Crippen molar-refractivity contribution in [1.29, 1.82) is 0 Å². The molecule has 8 aromatic carbocycles. The molecule has 3 aromatic heterocycles. The lowest BCUT2D eigenvalue weighted by molar-refractivity contribution is 0.660. The van der Waals surface area contributed by atoms with E-state index in [-0.39, 0.29) is 35.1 Å². The summed E-state index contributed by atoms with van der Waals surface area (Å²) in [6.45, 7) is 4.54. The monoisotopic (exact) mass is 777 g/mol. The zero-order chi connectivity index (χ0) is 43.6. The number of hydrogen-bond acceptors (Lipinski definition) is 4. The summed E-state index contributed by atoms with van der Waals surface area (Å²) in [7, 11) is 0. The normalized spacial score (nSPS) is 14.2. The van der Waals surface area contributed by atoms with Gasteiger partial charge in [0.05, 0.1) is 17.9 Å². The van der Waals surface area contributed by atoms with E-state index in [2.05, 4.69) is 122 Å². The number of aromatic nitrogens is 4. The number of rotatable bonds is 5. The highest BCUT2D eigenvalue weighted by molar-refractivity contribution is 7.26. The first-order valence-electron chi connectivity index (χ1n) is 22.2. The van der Waals surface area contributed by atoms with E-state index < -0.39 is 6.04 Å². The highest BCUT2D eigenvalue weighted by Gasteiger charge is 2.35. The van der Waals surface area contributed by atoms with E-state index in [0.717, 1.165) is 64.4 Å². The average molecular weight is 778 g/mol. The Morgan fingerprint density at radius 3 is 1.85 bits per heavy atom. The molecule has 0 aliphatic heterocycles. The van der Waals surface area contributed by atoms with Crippen LogP contribution in [0.3, 0.4) is 0 Å². The van der Waals surface area contributed by atoms with Crippen LogP contribution in [0.1, 0.15) is 31.8 Å². The van der Waals surface area contributed by atoms with Crippen LogP contribution in [0.2, 0.25) is 0 Å². The van der Waals surface area contributed by atoms with Crippen molar-refractivity contribution in [2.45, 2.75) is 19.3 Å². The smallest absolute Gasteiger partial charge is 0.165 e. The van der Waals surface area contributed by atoms with E-state index in [1.165, 1.54) is 33.6 Å². The van der Waals surface area contributed by atoms with Crippen LogP contribution >= 0.6 is 11.3 Å². The van der Waals surface area contributed by atoms with Crippen LogP contribution in [-0.4, -0.2) is 19.5 Å². The maximum atomic E-state index is 8.96. The summed E-state index contributed by atoms with van der Waals surface area (Å²) in [5.74, 6) is 1.59. The van der Waals surface area contributed by atoms with Gasteiger partial charge >= 0.3 is 0 Å². The lowest BCUT2D eigenvalue weighted by Gasteiger charge is -2.21. The van der Waals surface area contributed by atoms with Crippen LogP contribution < -0.4 is 0 Å². The molecule has 0 spiro atoms.